The summed E-state index contributed by atoms with van der Waals surface area (Å²) in [6, 6.07) is 15.0. The number of nitrogens with one attached hydrogen (secondary N) is 2. The second kappa shape index (κ2) is 8.90. The number of primary amides is 1. The fourth-order valence-electron chi connectivity index (χ4n) is 4.21. The molecule has 1 heterocycles. The van der Waals surface area contributed by atoms with E-state index in [9.17, 15) is 19.8 Å². The maximum atomic E-state index is 11.9. The van der Waals surface area contributed by atoms with Crippen molar-refractivity contribution in [3.63, 3.8) is 0 Å². The summed E-state index contributed by atoms with van der Waals surface area (Å²) in [4.78, 5) is 26.9. The van der Waals surface area contributed by atoms with Crippen molar-refractivity contribution in [1.29, 1.82) is 0 Å². The number of H-pyrrole nitrogens is 1. The van der Waals surface area contributed by atoms with Crippen LogP contribution in [-0.4, -0.2) is 33.6 Å². The summed E-state index contributed by atoms with van der Waals surface area (Å²) in [5.41, 5.74) is 11.8. The summed E-state index contributed by atoms with van der Waals surface area (Å²) in [5.74, 6) is -0.733. The quantitative estimate of drug-likeness (QED) is 0.280. The lowest BCUT2D eigenvalue weighted by Crippen LogP contribution is -2.13. The van der Waals surface area contributed by atoms with Crippen LogP contribution in [-0.2, 0) is 16.0 Å². The molecule has 0 aliphatic rings. The number of aliphatic hydroxyl groups excluding tert-OH is 2. The normalized spacial score (nSPS) is 12.1. The van der Waals surface area contributed by atoms with Crippen molar-refractivity contribution < 1.29 is 19.8 Å². The molecule has 0 bridgehead atoms. The van der Waals surface area contributed by atoms with Gasteiger partial charge >= 0.3 is 0 Å². The number of hydrogen-bond acceptors (Lipinski definition) is 4. The van der Waals surface area contributed by atoms with Gasteiger partial charge in [0.25, 0.3) is 0 Å². The number of carbonyl (C=O) groups is 2. The topological polar surface area (TPSA) is 128 Å². The average molecular weight is 444 g/mol. The number of aromatic nitrogens is 1. The Hall–Kier alpha value is -3.94. The van der Waals surface area contributed by atoms with Crippen LogP contribution in [0.5, 0.6) is 0 Å². The fraction of sp³-hybridized carbons (Fsp3) is 0.154. The van der Waals surface area contributed by atoms with Crippen molar-refractivity contribution in [1.82, 2.24) is 4.98 Å². The standard InChI is InChI=1S/C26H25N3O4/c1-3-24(33)28-20-6-4-5-17(14(20)2)18-9-8-16(12-23(27)32)26-25(18)19-10-7-15(22(31)13-30)11-21(19)29-26/h3-11,22,29-31H,1,12-13H2,2H3,(H2,27,32)(H,28,33). The highest BCUT2D eigenvalue weighted by atomic mass is 16.3. The molecule has 1 aromatic heterocycles. The van der Waals surface area contributed by atoms with Gasteiger partial charge in [0.15, 0.2) is 0 Å². The molecule has 1 unspecified atom stereocenters. The molecule has 0 saturated carbocycles. The molecular weight excluding hydrogens is 418 g/mol. The zero-order valence-electron chi connectivity index (χ0n) is 18.2. The number of aliphatic hydroxyl groups is 2. The van der Waals surface area contributed by atoms with Gasteiger partial charge in [-0.15, -0.1) is 0 Å². The first-order chi connectivity index (χ1) is 15.8. The molecule has 3 aromatic carbocycles. The van der Waals surface area contributed by atoms with Crippen LogP contribution in [0.2, 0.25) is 0 Å². The molecular formula is C26H25N3O4. The minimum absolute atomic E-state index is 0.0735. The average Bonchev–Trinajstić information content (AvgIpc) is 3.19. The van der Waals surface area contributed by atoms with Gasteiger partial charge in [-0.3, -0.25) is 9.59 Å². The van der Waals surface area contributed by atoms with Gasteiger partial charge in [-0.25, -0.2) is 0 Å². The van der Waals surface area contributed by atoms with E-state index in [0.29, 0.717) is 11.3 Å². The van der Waals surface area contributed by atoms with Gasteiger partial charge in [-0.05, 0) is 52.9 Å². The van der Waals surface area contributed by atoms with E-state index in [4.69, 9.17) is 5.73 Å². The smallest absolute Gasteiger partial charge is 0.247 e. The number of nitrogens with two attached hydrogens (primary N) is 1. The molecule has 7 heteroatoms. The predicted octanol–water partition coefficient (Wildman–Crippen LogP) is 3.47. The lowest BCUT2D eigenvalue weighted by atomic mass is 9.92. The maximum absolute atomic E-state index is 11.9. The predicted molar refractivity (Wildman–Crippen MR) is 130 cm³/mol. The number of rotatable bonds is 7. The molecule has 0 spiro atoms. The largest absolute Gasteiger partial charge is 0.393 e. The summed E-state index contributed by atoms with van der Waals surface area (Å²) in [5, 5.41) is 24.0. The van der Waals surface area contributed by atoms with Crippen molar-refractivity contribution >= 4 is 39.3 Å². The highest BCUT2D eigenvalue weighted by Crippen LogP contribution is 2.39. The molecule has 4 rings (SSSR count). The van der Waals surface area contributed by atoms with Crippen LogP contribution in [0.25, 0.3) is 32.9 Å². The van der Waals surface area contributed by atoms with Gasteiger partial charge < -0.3 is 26.2 Å². The Morgan fingerprint density at radius 2 is 1.97 bits per heavy atom. The van der Waals surface area contributed by atoms with E-state index in [2.05, 4.69) is 16.9 Å². The maximum Gasteiger partial charge on any atom is 0.247 e. The van der Waals surface area contributed by atoms with Crippen molar-refractivity contribution in [2.75, 3.05) is 11.9 Å². The molecule has 0 fully saturated rings. The number of benzene rings is 3. The van der Waals surface area contributed by atoms with Crippen molar-refractivity contribution in [2.45, 2.75) is 19.4 Å². The molecule has 0 saturated heterocycles. The molecule has 2 amide bonds. The van der Waals surface area contributed by atoms with E-state index < -0.39 is 12.0 Å². The van der Waals surface area contributed by atoms with Gasteiger partial charge in [0.1, 0.15) is 6.10 Å². The third kappa shape index (κ3) is 4.11. The lowest BCUT2D eigenvalue weighted by molar-refractivity contribution is -0.117. The van der Waals surface area contributed by atoms with Crippen LogP contribution in [0.4, 0.5) is 5.69 Å². The van der Waals surface area contributed by atoms with Gasteiger partial charge in [-0.2, -0.15) is 0 Å². The van der Waals surface area contributed by atoms with Crippen LogP contribution in [0.1, 0.15) is 22.8 Å². The zero-order chi connectivity index (χ0) is 23.7. The van der Waals surface area contributed by atoms with Gasteiger partial charge in [0.2, 0.25) is 11.8 Å². The van der Waals surface area contributed by atoms with Crippen LogP contribution in [0.15, 0.2) is 61.2 Å². The lowest BCUT2D eigenvalue weighted by Gasteiger charge is -2.14. The number of carbonyl (C=O) groups excluding carboxylic acids is 2. The molecule has 0 radical (unpaired) electrons. The molecule has 0 aliphatic heterocycles. The molecule has 4 aromatic rings. The summed E-state index contributed by atoms with van der Waals surface area (Å²) >= 11 is 0. The van der Waals surface area contributed by atoms with Crippen molar-refractivity contribution in [3.05, 3.63) is 77.9 Å². The summed E-state index contributed by atoms with van der Waals surface area (Å²) < 4.78 is 0. The van der Waals surface area contributed by atoms with E-state index >= 15 is 0 Å². The van der Waals surface area contributed by atoms with E-state index in [1.165, 1.54) is 6.08 Å². The van der Waals surface area contributed by atoms with Crippen molar-refractivity contribution in [2.24, 2.45) is 5.73 Å². The molecule has 1 atom stereocenters. The SMILES string of the molecule is C=CC(=O)Nc1cccc(-c2ccc(CC(N)=O)c3[nH]c4cc(C(O)CO)ccc4c23)c1C. The Balaban J connectivity index is 2.00. The molecule has 33 heavy (non-hydrogen) atoms. The van der Waals surface area contributed by atoms with Crippen molar-refractivity contribution in [3.8, 4) is 11.1 Å². The number of anilines is 1. The number of fused-ring (bicyclic) bond motifs is 3. The molecule has 6 N–H and O–H groups in total. The zero-order valence-corrected chi connectivity index (χ0v) is 18.2. The first-order valence-electron chi connectivity index (χ1n) is 10.5. The summed E-state index contributed by atoms with van der Waals surface area (Å²) in [6.07, 6.45) is 0.309. The van der Waals surface area contributed by atoms with Crippen LogP contribution < -0.4 is 11.1 Å². The second-order valence-electron chi connectivity index (χ2n) is 7.97. The molecule has 7 nitrogen and oxygen atoms in total. The van der Waals surface area contributed by atoms with Gasteiger partial charge in [0.05, 0.1) is 18.5 Å². The Labute approximate surface area is 190 Å². The monoisotopic (exact) mass is 443 g/mol. The molecule has 0 aliphatic carbocycles. The van der Waals surface area contributed by atoms with Gasteiger partial charge in [-0.1, -0.05) is 43.0 Å². The van der Waals surface area contributed by atoms with Crippen LogP contribution in [0.3, 0.4) is 0 Å². The van der Waals surface area contributed by atoms with Crippen LogP contribution >= 0.6 is 0 Å². The summed E-state index contributed by atoms with van der Waals surface area (Å²) in [7, 11) is 0. The Kier molecular flexibility index (Phi) is 6.00. The fourth-order valence-corrected chi connectivity index (χ4v) is 4.21. The van der Waals surface area contributed by atoms with Crippen LogP contribution in [0, 0.1) is 6.92 Å². The number of aromatic amines is 1. The van der Waals surface area contributed by atoms with E-state index in [0.717, 1.165) is 44.1 Å². The first-order valence-corrected chi connectivity index (χ1v) is 10.5. The van der Waals surface area contributed by atoms with E-state index in [1.807, 2.05) is 43.3 Å². The number of amides is 2. The first kappa shape index (κ1) is 22.3. The van der Waals surface area contributed by atoms with E-state index in [1.54, 1.807) is 12.1 Å². The van der Waals surface area contributed by atoms with Gasteiger partial charge in [0, 0.05) is 22.0 Å². The minimum Gasteiger partial charge on any atom is -0.393 e. The Morgan fingerprint density at radius 3 is 2.67 bits per heavy atom. The molecule has 168 valence electrons. The third-order valence-corrected chi connectivity index (χ3v) is 5.85. The third-order valence-electron chi connectivity index (χ3n) is 5.85. The van der Waals surface area contributed by atoms with E-state index in [-0.39, 0.29) is 18.9 Å². The Bertz CT molecular complexity index is 1400. The summed E-state index contributed by atoms with van der Waals surface area (Å²) in [6.45, 7) is 5.06. The minimum atomic E-state index is -0.988. The highest BCUT2D eigenvalue weighted by Gasteiger charge is 2.18. The highest BCUT2D eigenvalue weighted by molar-refractivity contribution is 6.16. The number of hydrogen-bond donors (Lipinski definition) is 5. The second-order valence-corrected chi connectivity index (χ2v) is 7.97. The Morgan fingerprint density at radius 1 is 1.18 bits per heavy atom.